The van der Waals surface area contributed by atoms with Gasteiger partial charge in [0.1, 0.15) is 0 Å². The summed E-state index contributed by atoms with van der Waals surface area (Å²) < 4.78 is 23.5. The van der Waals surface area contributed by atoms with Gasteiger partial charge in [0.25, 0.3) is 0 Å². The Kier molecular flexibility index (Phi) is 19.7. The van der Waals surface area contributed by atoms with E-state index >= 15 is 0 Å². The van der Waals surface area contributed by atoms with Crippen molar-refractivity contribution in [2.75, 3.05) is 32.9 Å². The summed E-state index contributed by atoms with van der Waals surface area (Å²) in [6.45, 7) is 0. The molecule has 2 fully saturated rings. The highest BCUT2D eigenvalue weighted by Gasteiger charge is 2.28. The number of aromatic nitrogens is 2. The fourth-order valence-corrected chi connectivity index (χ4v) is 8.18. The maximum absolute atomic E-state index is 12.5. The van der Waals surface area contributed by atoms with Crippen molar-refractivity contribution in [1.82, 2.24) is 9.13 Å². The van der Waals surface area contributed by atoms with Crippen molar-refractivity contribution in [3.05, 3.63) is 72.1 Å². The molecule has 2 aliphatic carbocycles. The first-order valence-electron chi connectivity index (χ1n) is 17.8. The van der Waals surface area contributed by atoms with E-state index in [2.05, 4.69) is 27.3 Å². The standard InChI is InChI=1S/C20H25NO4.C13H13NO4.C7H13I.2CH4/c1-24-19(22)16(12-11-14-7-3-4-8-14)17-13-21(20(23)25-2)18-10-6-5-9-15(17)18;1-17-12(15)7-9-8-14(13(16)18-2)11-6-4-3-5-10(9)11;8-6-5-7-3-1-2-4-7;;/h5-6,9-10,13-14,16H,3-4,7-8,11-12H2,1-2H3;3-6,8H,7H2,1-2H3;7H,1-6H2;2*1H4. The first kappa shape index (κ1) is 45.3. The zero-order valence-corrected chi connectivity index (χ0v) is 32.4. The summed E-state index contributed by atoms with van der Waals surface area (Å²) in [5, 5.41) is 1.74. The first-order valence-corrected chi connectivity index (χ1v) is 19.3. The molecule has 0 radical (unpaired) electrons. The van der Waals surface area contributed by atoms with Crippen LogP contribution in [0.1, 0.15) is 103 Å². The minimum Gasteiger partial charge on any atom is -0.469 e. The molecule has 292 valence electrons. The zero-order valence-electron chi connectivity index (χ0n) is 30.2. The van der Waals surface area contributed by atoms with E-state index in [4.69, 9.17) is 14.2 Å². The van der Waals surface area contributed by atoms with Gasteiger partial charge in [-0.2, -0.15) is 0 Å². The summed E-state index contributed by atoms with van der Waals surface area (Å²) in [6, 6.07) is 14.9. The van der Waals surface area contributed by atoms with Crippen LogP contribution in [-0.2, 0) is 35.0 Å². The number of alkyl halides is 1. The molecule has 0 spiro atoms. The molecular weight excluding hydrogens is 787 g/mol. The maximum atomic E-state index is 12.5. The highest BCUT2D eigenvalue weighted by Crippen LogP contribution is 2.36. The Morgan fingerprint density at radius 2 is 1.17 bits per heavy atom. The molecule has 1 unspecified atom stereocenters. The number of benzene rings is 2. The number of carbonyl (C=O) groups excluding carboxylic acids is 4. The number of hydrogen-bond acceptors (Lipinski definition) is 8. The molecule has 1 atom stereocenters. The molecular formula is C42H59IN2O8. The van der Waals surface area contributed by atoms with Crippen LogP contribution in [0.5, 0.6) is 0 Å². The molecule has 2 aromatic heterocycles. The molecule has 0 saturated heterocycles. The Bertz CT molecular complexity index is 1750. The number of ether oxygens (including phenoxy) is 4. The Labute approximate surface area is 329 Å². The number of carbonyl (C=O) groups is 4. The predicted molar refractivity (Wildman–Crippen MR) is 220 cm³/mol. The number of rotatable bonds is 9. The topological polar surface area (TPSA) is 115 Å². The van der Waals surface area contributed by atoms with E-state index < -0.39 is 12.2 Å². The number of hydrogen-bond donors (Lipinski definition) is 0. The Morgan fingerprint density at radius 3 is 1.68 bits per heavy atom. The van der Waals surface area contributed by atoms with Gasteiger partial charge >= 0.3 is 24.1 Å². The molecule has 10 nitrogen and oxygen atoms in total. The lowest BCUT2D eigenvalue weighted by atomic mass is 9.89. The van der Waals surface area contributed by atoms with Crippen molar-refractivity contribution in [2.45, 2.75) is 97.8 Å². The lowest BCUT2D eigenvalue weighted by Gasteiger charge is -2.16. The second-order valence-electron chi connectivity index (χ2n) is 13.1. The van der Waals surface area contributed by atoms with Gasteiger partial charge in [0.15, 0.2) is 0 Å². The third-order valence-electron chi connectivity index (χ3n) is 10.0. The molecule has 6 rings (SSSR count). The van der Waals surface area contributed by atoms with Crippen LogP contribution in [0.3, 0.4) is 0 Å². The third kappa shape index (κ3) is 12.1. The lowest BCUT2D eigenvalue weighted by Crippen LogP contribution is -2.16. The van der Waals surface area contributed by atoms with E-state index in [-0.39, 0.29) is 39.1 Å². The minimum atomic E-state index is -0.484. The van der Waals surface area contributed by atoms with Gasteiger partial charge < -0.3 is 18.9 Å². The maximum Gasteiger partial charge on any atom is 0.418 e. The second kappa shape index (κ2) is 23.0. The van der Waals surface area contributed by atoms with Gasteiger partial charge in [-0.25, -0.2) is 9.59 Å². The molecule has 11 heteroatoms. The average molecular weight is 847 g/mol. The number of esters is 2. The van der Waals surface area contributed by atoms with Crippen LogP contribution in [-0.4, -0.2) is 66.1 Å². The predicted octanol–water partition coefficient (Wildman–Crippen LogP) is 10.7. The molecule has 0 N–H and O–H groups in total. The minimum absolute atomic E-state index is 0. The second-order valence-corrected chi connectivity index (χ2v) is 14.2. The van der Waals surface area contributed by atoms with Gasteiger partial charge in [0.2, 0.25) is 0 Å². The van der Waals surface area contributed by atoms with Crippen LogP contribution in [0.15, 0.2) is 60.9 Å². The van der Waals surface area contributed by atoms with Gasteiger partial charge in [-0.05, 0) is 58.8 Å². The fourth-order valence-electron chi connectivity index (χ4n) is 7.30. The quantitative estimate of drug-likeness (QED) is 0.0708. The number of methoxy groups -OCH3 is 4. The summed E-state index contributed by atoms with van der Waals surface area (Å²) >= 11 is 2.48. The van der Waals surface area contributed by atoms with E-state index in [9.17, 15) is 19.2 Å². The van der Waals surface area contributed by atoms with Crippen molar-refractivity contribution < 1.29 is 38.1 Å². The third-order valence-corrected chi connectivity index (χ3v) is 10.7. The van der Waals surface area contributed by atoms with Crippen molar-refractivity contribution in [3.8, 4) is 0 Å². The molecule has 2 heterocycles. The van der Waals surface area contributed by atoms with Crippen LogP contribution < -0.4 is 0 Å². The van der Waals surface area contributed by atoms with E-state index in [1.807, 2.05) is 42.5 Å². The molecule has 4 aromatic rings. The van der Waals surface area contributed by atoms with Crippen molar-refractivity contribution in [2.24, 2.45) is 11.8 Å². The average Bonchev–Trinajstić information content (AvgIpc) is 4.00. The van der Waals surface area contributed by atoms with Gasteiger partial charge in [0, 0.05) is 23.2 Å². The summed E-state index contributed by atoms with van der Waals surface area (Å²) in [4.78, 5) is 47.5. The van der Waals surface area contributed by atoms with E-state index in [0.717, 1.165) is 46.2 Å². The van der Waals surface area contributed by atoms with Crippen LogP contribution in [0.4, 0.5) is 9.59 Å². The number of fused-ring (bicyclic) bond motifs is 2. The normalized spacial score (nSPS) is 14.4. The van der Waals surface area contributed by atoms with Gasteiger partial charge in [-0.3, -0.25) is 18.7 Å². The SMILES string of the molecule is C.C.COC(=O)C(CCC1CCCC1)c1cn(C(=O)OC)c2ccccc12.COC(=O)Cc1cn(C(=O)OC)c2ccccc12.ICCC1CCCC1. The van der Waals surface area contributed by atoms with Crippen molar-refractivity contribution in [1.29, 1.82) is 0 Å². The van der Waals surface area contributed by atoms with Crippen molar-refractivity contribution >= 4 is 68.5 Å². The zero-order chi connectivity index (χ0) is 36.8. The number of para-hydroxylation sites is 2. The van der Waals surface area contributed by atoms with E-state index in [0.29, 0.717) is 11.4 Å². The van der Waals surface area contributed by atoms with Crippen LogP contribution >= 0.6 is 22.6 Å². The molecule has 0 amide bonds. The molecule has 0 aliphatic heterocycles. The lowest BCUT2D eigenvalue weighted by molar-refractivity contribution is -0.142. The van der Waals surface area contributed by atoms with Crippen molar-refractivity contribution in [3.63, 3.8) is 0 Å². The summed E-state index contributed by atoms with van der Waals surface area (Å²) in [7, 11) is 5.43. The smallest absolute Gasteiger partial charge is 0.418 e. The van der Waals surface area contributed by atoms with E-state index in [1.54, 1.807) is 18.5 Å². The molecule has 2 aliphatic rings. The first-order chi connectivity index (χ1) is 24.8. The van der Waals surface area contributed by atoms with Crippen LogP contribution in [0.25, 0.3) is 21.8 Å². The van der Waals surface area contributed by atoms with Crippen LogP contribution in [0, 0.1) is 11.8 Å². The van der Waals surface area contributed by atoms with Crippen LogP contribution in [0.2, 0.25) is 0 Å². The van der Waals surface area contributed by atoms with E-state index in [1.165, 1.54) is 99.8 Å². The highest BCUT2D eigenvalue weighted by atomic mass is 127. The Hall–Kier alpha value is -3.87. The largest absolute Gasteiger partial charge is 0.469 e. The number of nitrogens with zero attached hydrogens (tertiary/aromatic N) is 2. The van der Waals surface area contributed by atoms with Gasteiger partial charge in [-0.1, -0.05) is 125 Å². The highest BCUT2D eigenvalue weighted by molar-refractivity contribution is 14.1. The monoisotopic (exact) mass is 846 g/mol. The molecule has 2 saturated carbocycles. The number of halogens is 1. The van der Waals surface area contributed by atoms with Gasteiger partial charge in [0.05, 0.1) is 51.8 Å². The molecule has 0 bridgehead atoms. The molecule has 53 heavy (non-hydrogen) atoms. The Balaban J connectivity index is 0.000000303. The Morgan fingerprint density at radius 1 is 0.679 bits per heavy atom. The summed E-state index contributed by atoms with van der Waals surface area (Å²) in [5.41, 5.74) is 3.04. The summed E-state index contributed by atoms with van der Waals surface area (Å²) in [6.07, 6.45) is 16.9. The molecule has 2 aromatic carbocycles. The van der Waals surface area contributed by atoms with Gasteiger partial charge in [-0.15, -0.1) is 0 Å². The fraction of sp³-hybridized carbons (Fsp3) is 0.524. The summed E-state index contributed by atoms with van der Waals surface area (Å²) in [5.74, 6) is 0.850.